The minimum atomic E-state index is -0.385. The van der Waals surface area contributed by atoms with E-state index >= 15 is 0 Å². The van der Waals surface area contributed by atoms with Gasteiger partial charge in [-0.25, -0.2) is 9.78 Å². The zero-order chi connectivity index (χ0) is 17.3. The molecule has 0 aliphatic heterocycles. The number of aryl methyl sites for hydroxylation is 2. The molecule has 0 saturated carbocycles. The Bertz CT molecular complexity index is 947. The Morgan fingerprint density at radius 3 is 2.62 bits per heavy atom. The first kappa shape index (κ1) is 16.1. The molecular weight excluding hydrogens is 322 g/mol. The second kappa shape index (κ2) is 6.41. The maximum absolute atomic E-state index is 12.2. The molecule has 5 nitrogen and oxygen atoms in total. The van der Waals surface area contributed by atoms with Gasteiger partial charge in [-0.1, -0.05) is 29.5 Å². The SMILES string of the molecule is CC(=O)c1cccc(NC(=O)Nc2nc3c(C)c(C)ccc3s2)c1. The quantitative estimate of drug-likeness (QED) is 0.676. The summed E-state index contributed by atoms with van der Waals surface area (Å²) in [6.45, 7) is 5.55. The van der Waals surface area contributed by atoms with Crippen LogP contribution in [0.15, 0.2) is 36.4 Å². The fourth-order valence-electron chi connectivity index (χ4n) is 2.35. The largest absolute Gasteiger partial charge is 0.325 e. The third-order valence-corrected chi connectivity index (χ3v) is 4.77. The van der Waals surface area contributed by atoms with Gasteiger partial charge in [0.1, 0.15) is 0 Å². The highest BCUT2D eigenvalue weighted by atomic mass is 32.1. The number of aromatic nitrogens is 1. The fourth-order valence-corrected chi connectivity index (χ4v) is 3.28. The van der Waals surface area contributed by atoms with Gasteiger partial charge >= 0.3 is 6.03 Å². The minimum absolute atomic E-state index is 0.0453. The number of nitrogens with zero attached hydrogens (tertiary/aromatic N) is 1. The second-order valence-electron chi connectivity index (χ2n) is 5.59. The maximum atomic E-state index is 12.2. The summed E-state index contributed by atoms with van der Waals surface area (Å²) in [5.74, 6) is -0.0453. The average Bonchev–Trinajstić information content (AvgIpc) is 2.94. The minimum Gasteiger partial charge on any atom is -0.308 e. The van der Waals surface area contributed by atoms with Crippen LogP contribution in [-0.4, -0.2) is 16.8 Å². The Labute approximate surface area is 143 Å². The van der Waals surface area contributed by atoms with Gasteiger partial charge in [0.15, 0.2) is 10.9 Å². The summed E-state index contributed by atoms with van der Waals surface area (Å²) < 4.78 is 1.03. The zero-order valence-corrected chi connectivity index (χ0v) is 14.5. The number of hydrogen-bond donors (Lipinski definition) is 2. The molecular formula is C18H17N3O2S. The summed E-state index contributed by atoms with van der Waals surface area (Å²) in [5, 5.41) is 6.01. The van der Waals surface area contributed by atoms with Crippen molar-refractivity contribution < 1.29 is 9.59 Å². The number of amides is 2. The van der Waals surface area contributed by atoms with E-state index in [4.69, 9.17) is 0 Å². The lowest BCUT2D eigenvalue weighted by Crippen LogP contribution is -2.19. The number of nitrogens with one attached hydrogen (secondary N) is 2. The van der Waals surface area contributed by atoms with Crippen molar-refractivity contribution >= 4 is 44.2 Å². The van der Waals surface area contributed by atoms with Crippen LogP contribution >= 0.6 is 11.3 Å². The van der Waals surface area contributed by atoms with Gasteiger partial charge in [-0.2, -0.15) is 0 Å². The predicted octanol–water partition coefficient (Wildman–Crippen LogP) is 4.76. The monoisotopic (exact) mass is 339 g/mol. The van der Waals surface area contributed by atoms with Gasteiger partial charge in [0.25, 0.3) is 0 Å². The second-order valence-corrected chi connectivity index (χ2v) is 6.62. The lowest BCUT2D eigenvalue weighted by atomic mass is 10.1. The van der Waals surface area contributed by atoms with E-state index < -0.39 is 0 Å². The standard InChI is InChI=1S/C18H17N3O2S/c1-10-7-8-15-16(11(10)2)20-18(24-15)21-17(23)19-14-6-4-5-13(9-14)12(3)22/h4-9H,1-3H3,(H2,19,20,21,23). The van der Waals surface area contributed by atoms with E-state index in [0.717, 1.165) is 15.8 Å². The molecule has 0 aliphatic carbocycles. The summed E-state index contributed by atoms with van der Waals surface area (Å²) in [6.07, 6.45) is 0. The van der Waals surface area contributed by atoms with Crippen LogP contribution in [0.5, 0.6) is 0 Å². The van der Waals surface area contributed by atoms with Crippen molar-refractivity contribution in [2.24, 2.45) is 0 Å². The molecule has 1 heterocycles. The molecule has 0 radical (unpaired) electrons. The van der Waals surface area contributed by atoms with Crippen molar-refractivity contribution in [2.75, 3.05) is 10.6 Å². The predicted molar refractivity (Wildman–Crippen MR) is 98.2 cm³/mol. The smallest absolute Gasteiger partial charge is 0.308 e. The van der Waals surface area contributed by atoms with Crippen LogP contribution in [0.25, 0.3) is 10.2 Å². The molecule has 2 N–H and O–H groups in total. The normalized spacial score (nSPS) is 10.6. The Hall–Kier alpha value is -2.73. The number of anilines is 2. The number of rotatable bonds is 3. The van der Waals surface area contributed by atoms with Gasteiger partial charge in [-0.15, -0.1) is 0 Å². The van der Waals surface area contributed by atoms with Crippen molar-refractivity contribution in [3.63, 3.8) is 0 Å². The van der Waals surface area contributed by atoms with Crippen molar-refractivity contribution in [2.45, 2.75) is 20.8 Å². The molecule has 0 fully saturated rings. The van der Waals surface area contributed by atoms with Crippen LogP contribution in [0.3, 0.4) is 0 Å². The number of benzene rings is 2. The number of carbonyl (C=O) groups is 2. The van der Waals surface area contributed by atoms with E-state index in [0.29, 0.717) is 16.4 Å². The van der Waals surface area contributed by atoms with E-state index in [1.165, 1.54) is 23.8 Å². The van der Waals surface area contributed by atoms with E-state index in [-0.39, 0.29) is 11.8 Å². The third kappa shape index (κ3) is 3.28. The highest BCUT2D eigenvalue weighted by molar-refractivity contribution is 7.22. The van der Waals surface area contributed by atoms with Gasteiger partial charge in [-0.05, 0) is 50.1 Å². The third-order valence-electron chi connectivity index (χ3n) is 3.83. The maximum Gasteiger partial charge on any atom is 0.325 e. The van der Waals surface area contributed by atoms with Crippen molar-refractivity contribution in [3.8, 4) is 0 Å². The first-order valence-electron chi connectivity index (χ1n) is 7.50. The Kier molecular flexibility index (Phi) is 4.31. The summed E-state index contributed by atoms with van der Waals surface area (Å²) in [5.41, 5.74) is 4.32. The van der Waals surface area contributed by atoms with Crippen LogP contribution in [0.2, 0.25) is 0 Å². The number of ketones is 1. The number of fused-ring (bicyclic) bond motifs is 1. The Morgan fingerprint density at radius 1 is 1.08 bits per heavy atom. The van der Waals surface area contributed by atoms with Crippen molar-refractivity contribution in [3.05, 3.63) is 53.1 Å². The first-order chi connectivity index (χ1) is 11.4. The van der Waals surface area contributed by atoms with Gasteiger partial charge in [0.05, 0.1) is 10.2 Å². The highest BCUT2D eigenvalue weighted by Gasteiger charge is 2.11. The van der Waals surface area contributed by atoms with Crippen LogP contribution < -0.4 is 10.6 Å². The van der Waals surface area contributed by atoms with Crippen molar-refractivity contribution in [1.29, 1.82) is 0 Å². The number of thiazole rings is 1. The molecule has 1 aromatic heterocycles. The van der Waals surface area contributed by atoms with E-state index in [1.54, 1.807) is 24.3 Å². The lowest BCUT2D eigenvalue weighted by molar-refractivity contribution is 0.101. The van der Waals surface area contributed by atoms with E-state index in [9.17, 15) is 9.59 Å². The molecule has 0 unspecified atom stereocenters. The van der Waals surface area contributed by atoms with Gasteiger partial charge < -0.3 is 5.32 Å². The summed E-state index contributed by atoms with van der Waals surface area (Å²) in [7, 11) is 0. The average molecular weight is 339 g/mol. The number of hydrogen-bond acceptors (Lipinski definition) is 4. The van der Waals surface area contributed by atoms with Crippen LogP contribution in [-0.2, 0) is 0 Å². The van der Waals surface area contributed by atoms with Crippen LogP contribution in [0.1, 0.15) is 28.4 Å². The molecule has 24 heavy (non-hydrogen) atoms. The van der Waals surface area contributed by atoms with Crippen molar-refractivity contribution in [1.82, 2.24) is 4.98 Å². The first-order valence-corrected chi connectivity index (χ1v) is 8.31. The molecule has 3 rings (SSSR count). The van der Waals surface area contributed by atoms with E-state index in [1.807, 2.05) is 26.0 Å². The van der Waals surface area contributed by atoms with Gasteiger partial charge in [0.2, 0.25) is 0 Å². The zero-order valence-electron chi connectivity index (χ0n) is 13.6. The molecule has 0 atom stereocenters. The number of Topliss-reactive ketones (excluding diaryl/α,β-unsaturated/α-hetero) is 1. The Morgan fingerprint density at radius 2 is 1.88 bits per heavy atom. The molecule has 3 aromatic rings. The molecule has 2 amide bonds. The summed E-state index contributed by atoms with van der Waals surface area (Å²) >= 11 is 1.43. The fraction of sp³-hybridized carbons (Fsp3) is 0.167. The lowest BCUT2D eigenvalue weighted by Gasteiger charge is -2.06. The van der Waals surface area contributed by atoms with Crippen LogP contribution in [0.4, 0.5) is 15.6 Å². The van der Waals surface area contributed by atoms with E-state index in [2.05, 4.69) is 15.6 Å². The van der Waals surface area contributed by atoms with Gasteiger partial charge in [0, 0.05) is 11.3 Å². The summed E-state index contributed by atoms with van der Waals surface area (Å²) in [4.78, 5) is 28.0. The Balaban J connectivity index is 1.76. The topological polar surface area (TPSA) is 71.1 Å². The molecule has 6 heteroatoms. The molecule has 2 aromatic carbocycles. The number of carbonyl (C=O) groups excluding carboxylic acids is 2. The molecule has 0 saturated heterocycles. The molecule has 122 valence electrons. The number of urea groups is 1. The molecule has 0 bridgehead atoms. The highest BCUT2D eigenvalue weighted by Crippen LogP contribution is 2.29. The molecule has 0 spiro atoms. The summed E-state index contributed by atoms with van der Waals surface area (Å²) in [6, 6.07) is 10.5. The molecule has 0 aliphatic rings. The van der Waals surface area contributed by atoms with Gasteiger partial charge in [-0.3, -0.25) is 10.1 Å². The van der Waals surface area contributed by atoms with Crippen LogP contribution in [0, 0.1) is 13.8 Å².